The zero-order valence-corrected chi connectivity index (χ0v) is 17.9. The summed E-state index contributed by atoms with van der Waals surface area (Å²) < 4.78 is 77.8. The average molecular weight is 484 g/mol. The summed E-state index contributed by atoms with van der Waals surface area (Å²) >= 11 is 0. The molecule has 3 rings (SSSR count). The highest BCUT2D eigenvalue weighted by molar-refractivity contribution is 5.93. The molecule has 1 heterocycles. The molecular formula is C23H22F6N4O. The van der Waals surface area contributed by atoms with Crippen molar-refractivity contribution in [2.75, 3.05) is 17.2 Å². The predicted molar refractivity (Wildman–Crippen MR) is 113 cm³/mol. The number of carbonyl (C=O) groups excluding carboxylic acids is 1. The van der Waals surface area contributed by atoms with Gasteiger partial charge >= 0.3 is 12.4 Å². The number of aromatic nitrogens is 1. The third-order valence-electron chi connectivity index (χ3n) is 5.92. The van der Waals surface area contributed by atoms with Crippen LogP contribution in [0.15, 0.2) is 42.6 Å². The van der Waals surface area contributed by atoms with Crippen molar-refractivity contribution in [1.82, 2.24) is 4.98 Å². The van der Waals surface area contributed by atoms with E-state index in [0.717, 1.165) is 6.07 Å². The van der Waals surface area contributed by atoms with E-state index < -0.39 is 35.7 Å². The summed E-state index contributed by atoms with van der Waals surface area (Å²) in [6.45, 7) is 0.335. The number of amides is 1. The van der Waals surface area contributed by atoms with E-state index in [9.17, 15) is 36.4 Å². The largest absolute Gasteiger partial charge is 0.416 e. The second-order valence-electron chi connectivity index (χ2n) is 8.30. The number of rotatable bonds is 6. The average Bonchev–Trinajstić information content (AvgIpc) is 2.77. The lowest BCUT2D eigenvalue weighted by Gasteiger charge is -2.36. The molecule has 34 heavy (non-hydrogen) atoms. The third-order valence-corrected chi connectivity index (χ3v) is 5.92. The van der Waals surface area contributed by atoms with Gasteiger partial charge in [0.15, 0.2) is 0 Å². The molecule has 1 aliphatic carbocycles. The number of pyridine rings is 1. The molecule has 5 nitrogen and oxygen atoms in total. The fraction of sp³-hybridized carbons (Fsp3) is 0.435. The summed E-state index contributed by atoms with van der Waals surface area (Å²) in [4.78, 5) is 15.7. The van der Waals surface area contributed by atoms with Crippen LogP contribution in [0.2, 0.25) is 0 Å². The van der Waals surface area contributed by atoms with Crippen LogP contribution in [-0.4, -0.2) is 23.6 Å². The molecule has 0 bridgehead atoms. The fourth-order valence-corrected chi connectivity index (χ4v) is 4.23. The first-order chi connectivity index (χ1) is 15.9. The minimum atomic E-state index is -4.64. The Morgan fingerprint density at radius 2 is 1.76 bits per heavy atom. The summed E-state index contributed by atoms with van der Waals surface area (Å²) in [6.07, 6.45) is -8.01. The maximum Gasteiger partial charge on any atom is 0.416 e. The molecule has 2 N–H and O–H groups in total. The van der Waals surface area contributed by atoms with Crippen LogP contribution < -0.4 is 10.6 Å². The summed E-state index contributed by atoms with van der Waals surface area (Å²) in [5.74, 6) is -1.03. The number of halogens is 6. The van der Waals surface area contributed by atoms with Crippen molar-refractivity contribution in [1.29, 1.82) is 5.26 Å². The maximum atomic E-state index is 13.5. The normalized spacial score (nSPS) is 20.9. The van der Waals surface area contributed by atoms with E-state index in [0.29, 0.717) is 19.4 Å². The number of alkyl halides is 6. The van der Waals surface area contributed by atoms with Gasteiger partial charge in [-0.1, -0.05) is 18.2 Å². The van der Waals surface area contributed by atoms with Gasteiger partial charge in [0.25, 0.3) is 0 Å². The van der Waals surface area contributed by atoms with E-state index in [1.54, 1.807) is 0 Å². The Morgan fingerprint density at radius 3 is 2.38 bits per heavy atom. The number of nitriles is 1. The van der Waals surface area contributed by atoms with Gasteiger partial charge in [-0.15, -0.1) is 0 Å². The highest BCUT2D eigenvalue weighted by Crippen LogP contribution is 2.46. The molecule has 0 radical (unpaired) electrons. The quantitative estimate of drug-likeness (QED) is 0.489. The second kappa shape index (κ2) is 9.91. The van der Waals surface area contributed by atoms with Crippen LogP contribution in [0.25, 0.3) is 0 Å². The van der Waals surface area contributed by atoms with Gasteiger partial charge < -0.3 is 10.6 Å². The van der Waals surface area contributed by atoms with Gasteiger partial charge in [-0.3, -0.25) is 4.79 Å². The Labute approximate surface area is 192 Å². The Kier molecular flexibility index (Phi) is 7.38. The van der Waals surface area contributed by atoms with Crippen LogP contribution in [0, 0.1) is 17.2 Å². The number of nitrogens with zero attached hydrogens (tertiary/aromatic N) is 2. The van der Waals surface area contributed by atoms with Gasteiger partial charge in [-0.2, -0.15) is 31.6 Å². The molecule has 0 aliphatic heterocycles. The summed E-state index contributed by atoms with van der Waals surface area (Å²) in [5, 5.41) is 15.0. The topological polar surface area (TPSA) is 77.8 Å². The molecule has 0 unspecified atom stereocenters. The molecule has 1 aliphatic rings. The molecule has 1 amide bonds. The number of hydrogen-bond donors (Lipinski definition) is 2. The highest BCUT2D eigenvalue weighted by atomic mass is 19.4. The van der Waals surface area contributed by atoms with Crippen molar-refractivity contribution >= 4 is 17.4 Å². The molecule has 1 aromatic heterocycles. The van der Waals surface area contributed by atoms with Gasteiger partial charge in [0, 0.05) is 12.7 Å². The van der Waals surface area contributed by atoms with Gasteiger partial charge in [0.2, 0.25) is 5.91 Å². The van der Waals surface area contributed by atoms with E-state index >= 15 is 0 Å². The van der Waals surface area contributed by atoms with Crippen LogP contribution in [-0.2, 0) is 16.4 Å². The molecule has 0 spiro atoms. The second-order valence-corrected chi connectivity index (χ2v) is 8.30. The van der Waals surface area contributed by atoms with Crippen LogP contribution in [0.3, 0.4) is 0 Å². The van der Waals surface area contributed by atoms with E-state index in [-0.39, 0.29) is 35.8 Å². The number of hydrogen-bond acceptors (Lipinski definition) is 4. The zero-order chi connectivity index (χ0) is 25.0. The Hall–Kier alpha value is -3.29. The smallest absolute Gasteiger partial charge is 0.368 e. The highest BCUT2D eigenvalue weighted by Gasteiger charge is 2.43. The first-order valence-electron chi connectivity index (χ1n) is 10.6. The lowest BCUT2D eigenvalue weighted by molar-refractivity contribution is -0.150. The van der Waals surface area contributed by atoms with E-state index in [1.165, 1.54) is 36.5 Å². The van der Waals surface area contributed by atoms with Crippen LogP contribution >= 0.6 is 0 Å². The van der Waals surface area contributed by atoms with E-state index in [2.05, 4.69) is 21.7 Å². The van der Waals surface area contributed by atoms with Crippen molar-refractivity contribution in [3.8, 4) is 6.07 Å². The molecule has 1 aromatic carbocycles. The molecule has 0 saturated heterocycles. The molecule has 1 fully saturated rings. The van der Waals surface area contributed by atoms with Crippen molar-refractivity contribution < 1.29 is 31.1 Å². The van der Waals surface area contributed by atoms with Gasteiger partial charge in [-0.05, 0) is 55.4 Å². The summed E-state index contributed by atoms with van der Waals surface area (Å²) in [6, 6.07) is 10.1. The van der Waals surface area contributed by atoms with E-state index in [4.69, 9.17) is 0 Å². The minimum Gasteiger partial charge on any atom is -0.368 e. The molecule has 1 saturated carbocycles. The van der Waals surface area contributed by atoms with Crippen LogP contribution in [0.4, 0.5) is 37.8 Å². The fourth-order valence-electron chi connectivity index (χ4n) is 4.23. The lowest BCUT2D eigenvalue weighted by atomic mass is 9.66. The minimum absolute atomic E-state index is 0.000238. The zero-order valence-electron chi connectivity index (χ0n) is 17.9. The van der Waals surface area contributed by atoms with Gasteiger partial charge in [0.1, 0.15) is 12.2 Å². The molecule has 0 atom stereocenters. The van der Waals surface area contributed by atoms with Crippen molar-refractivity contribution in [2.45, 2.75) is 49.9 Å². The maximum absolute atomic E-state index is 13.5. The lowest BCUT2D eigenvalue weighted by Crippen LogP contribution is -2.34. The van der Waals surface area contributed by atoms with Crippen LogP contribution in [0.5, 0.6) is 0 Å². The van der Waals surface area contributed by atoms with Crippen molar-refractivity contribution in [2.24, 2.45) is 5.92 Å². The van der Waals surface area contributed by atoms with Crippen molar-refractivity contribution in [3.63, 3.8) is 0 Å². The van der Waals surface area contributed by atoms with Crippen molar-refractivity contribution in [3.05, 3.63) is 53.7 Å². The molecular weight excluding hydrogens is 462 g/mol. The standard InChI is InChI=1S/C23H22F6N4O/c24-22(25,26)12-19(34)33-18-6-3-11-31-20(18)32-13-15-7-9-21(14-30,10-8-15)16-4-1-2-5-17(16)23(27,28)29/h1-6,11,15H,7-10,12-13H2,(H,31,32)(H,33,34). The SMILES string of the molecule is N#CC1(c2ccccc2C(F)(F)F)CCC(CNc2ncccc2NC(=O)CC(F)(F)F)CC1. The van der Waals surface area contributed by atoms with Gasteiger partial charge in [-0.25, -0.2) is 4.98 Å². The monoisotopic (exact) mass is 484 g/mol. The third kappa shape index (κ3) is 6.18. The van der Waals surface area contributed by atoms with E-state index in [1.807, 2.05) is 0 Å². The first kappa shape index (κ1) is 25.3. The van der Waals surface area contributed by atoms with Crippen LogP contribution in [0.1, 0.15) is 43.2 Å². The Morgan fingerprint density at radius 1 is 1.09 bits per heavy atom. The number of carbonyl (C=O) groups is 1. The molecule has 182 valence electrons. The Bertz CT molecular complexity index is 1050. The Balaban J connectivity index is 1.65. The number of benzene rings is 1. The molecule has 2 aromatic rings. The summed E-state index contributed by atoms with van der Waals surface area (Å²) in [5.41, 5.74) is -1.97. The summed E-state index contributed by atoms with van der Waals surface area (Å²) in [7, 11) is 0. The number of nitrogens with one attached hydrogen (secondary N) is 2. The molecule has 11 heteroatoms. The van der Waals surface area contributed by atoms with Gasteiger partial charge in [0.05, 0.1) is 22.7 Å². The predicted octanol–water partition coefficient (Wildman–Crippen LogP) is 6.05. The number of anilines is 2. The first-order valence-corrected chi connectivity index (χ1v) is 10.6.